The molecule has 0 bridgehead atoms. The number of ether oxygens (including phenoxy) is 6. The standard InChI is InChI=1S/C47H76F4N2O12/c1-15-31-20-34(54)26(4)39(64-35-22-44(8,59-13)41(57)29(7)63-35)28(6)42(65-43-38(55)33(53(11)12)19-25(3)62-43)45(9,60-14)21-24(2)37(27(5)40(56)46(31,10)58)52-61-23-30-17-16-18-32(36(30)48)47(49,50)51/h16-18,24-29,31,33,35,38-43,55-58H,15,19-23H2,1-14H3/b52-37+/t24-,25-,26+,27+,28+,29+,31+,33+,35+,38-,39-,40-,41+,42-,43+,44-,45-,46-/m1/s1. The van der Waals surface area contributed by atoms with Crippen LogP contribution in [0, 0.1) is 35.4 Å². The first-order valence-corrected chi connectivity index (χ1v) is 22.8. The van der Waals surface area contributed by atoms with Crippen molar-refractivity contribution in [2.45, 2.75) is 192 Å². The van der Waals surface area contributed by atoms with Crippen LogP contribution in [-0.2, 0) is 50.8 Å². The highest BCUT2D eigenvalue weighted by molar-refractivity contribution is 5.89. The molecule has 1 aromatic rings. The Morgan fingerprint density at radius 2 is 1.54 bits per heavy atom. The van der Waals surface area contributed by atoms with Crippen molar-refractivity contribution in [1.82, 2.24) is 4.90 Å². The van der Waals surface area contributed by atoms with Crippen LogP contribution in [-0.4, -0.2) is 143 Å². The molecule has 3 fully saturated rings. The van der Waals surface area contributed by atoms with E-state index < -0.39 is 125 Å². The Kier molecular flexibility index (Phi) is 18.6. The minimum Gasteiger partial charge on any atom is -0.391 e. The van der Waals surface area contributed by atoms with Gasteiger partial charge in [-0.1, -0.05) is 58.3 Å². The van der Waals surface area contributed by atoms with Crippen molar-refractivity contribution in [3.63, 3.8) is 0 Å². The normalized spacial score (nSPS) is 42.5. The molecule has 18 heteroatoms. The molecule has 2 heterocycles. The minimum absolute atomic E-state index is 0.0461. The number of nitrogens with zero attached hydrogens (tertiary/aromatic N) is 2. The van der Waals surface area contributed by atoms with Crippen molar-refractivity contribution in [3.8, 4) is 0 Å². The van der Waals surface area contributed by atoms with Crippen molar-refractivity contribution in [1.29, 1.82) is 0 Å². The van der Waals surface area contributed by atoms with Crippen LogP contribution in [0.1, 0.15) is 112 Å². The van der Waals surface area contributed by atoms with Gasteiger partial charge in [-0.3, -0.25) is 4.79 Å². The summed E-state index contributed by atoms with van der Waals surface area (Å²) in [5.41, 5.74) is -6.04. The van der Waals surface area contributed by atoms with Gasteiger partial charge in [-0.2, -0.15) is 13.2 Å². The van der Waals surface area contributed by atoms with E-state index in [2.05, 4.69) is 5.16 Å². The number of likely N-dealkylation sites (N-methyl/N-ethyl adjacent to an activating group) is 1. The molecule has 1 saturated carbocycles. The van der Waals surface area contributed by atoms with E-state index in [4.69, 9.17) is 33.3 Å². The number of ketones is 1. The summed E-state index contributed by atoms with van der Waals surface area (Å²) in [7, 11) is 6.66. The van der Waals surface area contributed by atoms with Gasteiger partial charge in [0.2, 0.25) is 0 Å². The van der Waals surface area contributed by atoms with Crippen molar-refractivity contribution in [2.75, 3.05) is 28.3 Å². The van der Waals surface area contributed by atoms with Crippen LogP contribution in [0.15, 0.2) is 23.4 Å². The van der Waals surface area contributed by atoms with Gasteiger partial charge >= 0.3 is 6.18 Å². The fourth-order valence-electron chi connectivity index (χ4n) is 10.3. The zero-order chi connectivity index (χ0) is 49.1. The Labute approximate surface area is 382 Å². The SMILES string of the molecule is CC[C@H]1CC(=O)[C@H](C)[C@@H](O[C@H]2C[C@@](C)(OC)[C@@H](O)[C@H](C)O2)[C@H](C)[C@@H](O[C@@H]2O[C@H](C)C[C@H](N(C)C)[C@H]2O)[C@](C)(OC)C[C@@H](C)/C(=N\OCc2cccc(C(F)(F)F)c2F)[C@H](C)[C@@H](O)[C@]1(C)O. The van der Waals surface area contributed by atoms with Crippen LogP contribution in [0.3, 0.4) is 0 Å². The number of aliphatic hydroxyl groups is 4. The molecule has 18 atom stereocenters. The third-order valence-electron chi connectivity index (χ3n) is 14.7. The van der Waals surface area contributed by atoms with Crippen LogP contribution >= 0.6 is 0 Å². The highest BCUT2D eigenvalue weighted by Gasteiger charge is 2.53. The topological polar surface area (TPSA) is 178 Å². The van der Waals surface area contributed by atoms with E-state index in [0.717, 1.165) is 12.1 Å². The predicted molar refractivity (Wildman–Crippen MR) is 233 cm³/mol. The van der Waals surface area contributed by atoms with E-state index in [9.17, 15) is 38.4 Å². The van der Waals surface area contributed by atoms with Crippen molar-refractivity contribution >= 4 is 11.5 Å². The second-order valence-electron chi connectivity index (χ2n) is 19.7. The number of hydrogen-bond acceptors (Lipinski definition) is 14. The summed E-state index contributed by atoms with van der Waals surface area (Å²) in [5.74, 6) is -5.95. The Morgan fingerprint density at radius 3 is 2.11 bits per heavy atom. The van der Waals surface area contributed by atoms with Crippen LogP contribution < -0.4 is 0 Å². The summed E-state index contributed by atoms with van der Waals surface area (Å²) >= 11 is 0. The summed E-state index contributed by atoms with van der Waals surface area (Å²) < 4.78 is 94.5. The van der Waals surface area contributed by atoms with E-state index in [1.54, 1.807) is 48.5 Å². The lowest BCUT2D eigenvalue weighted by Gasteiger charge is -2.50. The van der Waals surface area contributed by atoms with Gasteiger partial charge in [0.25, 0.3) is 0 Å². The van der Waals surface area contributed by atoms with Gasteiger partial charge in [0.15, 0.2) is 12.6 Å². The van der Waals surface area contributed by atoms with Crippen LogP contribution in [0.5, 0.6) is 0 Å². The third-order valence-corrected chi connectivity index (χ3v) is 14.7. The molecule has 14 nitrogen and oxygen atoms in total. The van der Waals surface area contributed by atoms with E-state index in [1.165, 1.54) is 21.1 Å². The molecule has 0 spiro atoms. The number of halogens is 4. The molecule has 65 heavy (non-hydrogen) atoms. The Morgan fingerprint density at radius 1 is 0.908 bits per heavy atom. The molecule has 1 aromatic carbocycles. The Bertz CT molecular complexity index is 1750. The maximum absolute atomic E-state index is 15.1. The second kappa shape index (κ2) is 21.9. The van der Waals surface area contributed by atoms with E-state index in [1.807, 2.05) is 32.8 Å². The zero-order valence-electron chi connectivity index (χ0n) is 40.6. The van der Waals surface area contributed by atoms with Crippen molar-refractivity contribution in [2.24, 2.45) is 34.7 Å². The number of carbonyl (C=O) groups excluding carboxylic acids is 1. The van der Waals surface area contributed by atoms with Gasteiger partial charge in [0.1, 0.15) is 30.4 Å². The fourth-order valence-corrected chi connectivity index (χ4v) is 10.3. The van der Waals surface area contributed by atoms with Crippen LogP contribution in [0.2, 0.25) is 0 Å². The average molecular weight is 937 g/mol. The summed E-state index contributed by atoms with van der Waals surface area (Å²) in [6, 6.07) is 2.49. The quantitative estimate of drug-likeness (QED) is 0.145. The Hall–Kier alpha value is -2.36. The maximum atomic E-state index is 15.1. The molecule has 2 saturated heterocycles. The van der Waals surface area contributed by atoms with Crippen molar-refractivity contribution < 1.29 is 76.0 Å². The summed E-state index contributed by atoms with van der Waals surface area (Å²) in [6.07, 6.45) is -13.2. The lowest BCUT2D eigenvalue weighted by Crippen LogP contribution is -2.61. The number of Topliss-reactive ketones (excluding diaryl/α,β-unsaturated/α-hetero) is 1. The molecule has 4 N–H and O–H groups in total. The number of hydrogen-bond donors (Lipinski definition) is 4. The number of carbonyl (C=O) groups is 1. The number of rotatable bonds is 11. The molecule has 0 radical (unpaired) electrons. The highest BCUT2D eigenvalue weighted by Crippen LogP contribution is 2.43. The number of oxime groups is 1. The first kappa shape index (κ1) is 55.2. The largest absolute Gasteiger partial charge is 0.419 e. The van der Waals surface area contributed by atoms with Crippen LogP contribution in [0.25, 0.3) is 0 Å². The molecule has 2 aliphatic heterocycles. The molecule has 3 aliphatic rings. The van der Waals surface area contributed by atoms with E-state index in [0.29, 0.717) is 12.5 Å². The molecule has 0 unspecified atom stereocenters. The van der Waals surface area contributed by atoms with Gasteiger partial charge < -0.3 is 58.6 Å². The molecule has 374 valence electrons. The molecule has 1 aliphatic carbocycles. The number of aliphatic hydroxyl groups excluding tert-OH is 3. The van der Waals surface area contributed by atoms with Gasteiger partial charge in [0, 0.05) is 62.3 Å². The lowest BCUT2D eigenvalue weighted by molar-refractivity contribution is -0.318. The molecule has 0 aromatic heterocycles. The monoisotopic (exact) mass is 937 g/mol. The number of methoxy groups -OCH3 is 2. The lowest BCUT2D eigenvalue weighted by atomic mass is 9.69. The molecular weight excluding hydrogens is 861 g/mol. The van der Waals surface area contributed by atoms with Gasteiger partial charge in [-0.05, 0) is 73.5 Å². The van der Waals surface area contributed by atoms with E-state index in [-0.39, 0.29) is 49.3 Å². The molecule has 0 amide bonds. The maximum Gasteiger partial charge on any atom is 0.419 e. The minimum atomic E-state index is -4.95. The molecular formula is C47H76F4N2O12. The predicted octanol–water partition coefficient (Wildman–Crippen LogP) is 6.26. The fraction of sp³-hybridized carbons (Fsp3) is 0.830. The Balaban J connectivity index is 1.91. The second-order valence-corrected chi connectivity index (χ2v) is 19.7. The van der Waals surface area contributed by atoms with Crippen molar-refractivity contribution in [3.05, 3.63) is 35.1 Å². The third kappa shape index (κ3) is 12.3. The zero-order valence-corrected chi connectivity index (χ0v) is 40.6. The van der Waals surface area contributed by atoms with Crippen LogP contribution in [0.4, 0.5) is 17.6 Å². The summed E-state index contributed by atoms with van der Waals surface area (Å²) in [6.45, 7) is 16.6. The first-order valence-electron chi connectivity index (χ1n) is 22.8. The van der Waals surface area contributed by atoms with Gasteiger partial charge in [0.05, 0.1) is 58.6 Å². The first-order chi connectivity index (χ1) is 30.1. The number of benzene rings is 1. The summed E-state index contributed by atoms with van der Waals surface area (Å²) in [5, 5.41) is 51.5. The van der Waals surface area contributed by atoms with E-state index >= 15 is 4.39 Å². The average Bonchev–Trinajstić information content (AvgIpc) is 3.23. The van der Waals surface area contributed by atoms with Gasteiger partial charge in [-0.15, -0.1) is 0 Å². The number of alkyl halides is 3. The highest BCUT2D eigenvalue weighted by atomic mass is 19.4. The smallest absolute Gasteiger partial charge is 0.391 e. The molecule has 4 rings (SSSR count). The summed E-state index contributed by atoms with van der Waals surface area (Å²) in [4.78, 5) is 22.2. The van der Waals surface area contributed by atoms with Gasteiger partial charge in [-0.25, -0.2) is 4.39 Å².